The second-order valence-electron chi connectivity index (χ2n) is 24.0. The van der Waals surface area contributed by atoms with E-state index in [1.807, 2.05) is 0 Å². The number of esters is 2. The molecule has 27 nitrogen and oxygen atoms in total. The monoisotopic (exact) mass is 1420 g/mol. The van der Waals surface area contributed by atoms with Crippen molar-refractivity contribution in [3.63, 3.8) is 0 Å². The van der Waals surface area contributed by atoms with Crippen molar-refractivity contribution in [1.82, 2.24) is 25.1 Å². The molecule has 0 saturated carbocycles. The summed E-state index contributed by atoms with van der Waals surface area (Å²) in [6, 6.07) is 1.45. The van der Waals surface area contributed by atoms with Crippen molar-refractivity contribution in [3.8, 4) is 0 Å². The Hall–Kier alpha value is -6.24. The number of nitrogens with zero attached hydrogens (tertiary/aromatic N) is 4. The molecule has 0 fully saturated rings. The zero-order valence-electron chi connectivity index (χ0n) is 57.1. The van der Waals surface area contributed by atoms with Crippen LogP contribution < -0.4 is 40.6 Å². The van der Waals surface area contributed by atoms with Crippen molar-refractivity contribution >= 4 is 92.6 Å². The first-order chi connectivity index (χ1) is 45.9. The van der Waals surface area contributed by atoms with Crippen LogP contribution in [0.25, 0.3) is 21.8 Å². The topological polar surface area (TPSA) is 376 Å². The summed E-state index contributed by atoms with van der Waals surface area (Å²) in [5.74, 6) is -4.53. The van der Waals surface area contributed by atoms with E-state index in [1.165, 1.54) is 26.0 Å². The fourth-order valence-electron chi connectivity index (χ4n) is 13.8. The maximum atomic E-state index is 15.1. The first-order valence-corrected chi connectivity index (χ1v) is 35.5. The van der Waals surface area contributed by atoms with Crippen molar-refractivity contribution in [1.29, 1.82) is 0 Å². The van der Waals surface area contributed by atoms with Gasteiger partial charge in [0, 0.05) is 80.0 Å². The van der Waals surface area contributed by atoms with Crippen LogP contribution in [0.4, 0.5) is 8.78 Å². The van der Waals surface area contributed by atoms with Crippen molar-refractivity contribution < 1.29 is 138 Å². The predicted molar refractivity (Wildman–Crippen MR) is 345 cm³/mol. The number of hydrogen-bond donors (Lipinski definition) is 5. The Morgan fingerprint density at radius 1 is 0.694 bits per heavy atom. The van der Waals surface area contributed by atoms with Crippen LogP contribution in [0.3, 0.4) is 0 Å². The Bertz CT molecular complexity index is 3990. The van der Waals surface area contributed by atoms with Crippen LogP contribution in [0.2, 0.25) is 0 Å². The Morgan fingerprint density at radius 3 is 1.49 bits per heavy atom. The third-order valence-electron chi connectivity index (χ3n) is 18.2. The number of cyclic esters (lactones) is 2. The molecular formula is C65H82BF2N6NaO21P2. The van der Waals surface area contributed by atoms with Crippen LogP contribution in [-0.2, 0) is 110 Å². The fourth-order valence-corrected chi connectivity index (χ4v) is 16.5. The van der Waals surface area contributed by atoms with Crippen molar-refractivity contribution in [2.75, 3.05) is 52.1 Å². The number of carboxylic acids is 1. The molecule has 2 aromatic heterocycles. The van der Waals surface area contributed by atoms with Gasteiger partial charge in [0.2, 0.25) is 0 Å². The number of carbonyl (C=O) groups excluding carboxylic acids is 7. The summed E-state index contributed by atoms with van der Waals surface area (Å²) in [5, 5.41) is 34.9. The zero-order chi connectivity index (χ0) is 71.4. The summed E-state index contributed by atoms with van der Waals surface area (Å²) in [6.45, 7) is 18.7. The molecule has 8 heterocycles. The Kier molecular flexibility index (Phi) is 26.3. The number of hydrogen-bond acceptors (Lipinski definition) is 24. The van der Waals surface area contributed by atoms with Gasteiger partial charge >= 0.3 is 56.7 Å². The summed E-state index contributed by atoms with van der Waals surface area (Å²) in [5.41, 5.74) is 13.4. The van der Waals surface area contributed by atoms with Gasteiger partial charge in [-0.1, -0.05) is 13.8 Å². The number of aliphatic hydroxyl groups is 2. The number of aliphatic carboxylic acids is 1. The van der Waals surface area contributed by atoms with E-state index in [1.54, 1.807) is 65.2 Å². The number of pyridine rings is 2. The van der Waals surface area contributed by atoms with Gasteiger partial charge in [-0.15, -0.1) is 0 Å². The minimum atomic E-state index is -3.39. The zero-order valence-corrected chi connectivity index (χ0v) is 60.8. The summed E-state index contributed by atoms with van der Waals surface area (Å²) in [7, 11) is -5.78. The normalized spacial score (nSPS) is 22.2. The first kappa shape index (κ1) is 79.1. The number of carboxylic acid groups (broad SMARTS) is 1. The summed E-state index contributed by atoms with van der Waals surface area (Å²) in [6.07, 6.45) is 3.72. The number of halogens is 2. The second kappa shape index (κ2) is 32.6. The molecule has 2 aromatic carbocycles. The third-order valence-corrected chi connectivity index (χ3v) is 22.0. The van der Waals surface area contributed by atoms with Gasteiger partial charge in [0.05, 0.1) is 78.4 Å². The van der Waals surface area contributed by atoms with E-state index in [0.29, 0.717) is 122 Å². The molecule has 12 rings (SSSR count). The van der Waals surface area contributed by atoms with Gasteiger partial charge in [-0.05, 0) is 137 Å². The number of benzene rings is 2. The molecule has 6 atom stereocenters. The molecule has 8 aliphatic rings. The van der Waals surface area contributed by atoms with Gasteiger partial charge in [-0.25, -0.2) is 18.4 Å². The first-order valence-electron chi connectivity index (χ1n) is 32.1. The maximum Gasteiger partial charge on any atom is 1.00 e. The summed E-state index contributed by atoms with van der Waals surface area (Å²) in [4.78, 5) is 104. The van der Waals surface area contributed by atoms with Crippen molar-refractivity contribution in [3.05, 3.63) is 102 Å². The van der Waals surface area contributed by atoms with E-state index >= 15 is 4.39 Å². The second-order valence-corrected chi connectivity index (χ2v) is 28.1. The molecule has 4 aromatic rings. The Balaban J connectivity index is 0.000000209. The minimum Gasteiger partial charge on any atom is -0.702 e. The summed E-state index contributed by atoms with van der Waals surface area (Å²) < 4.78 is 93.7. The van der Waals surface area contributed by atoms with Gasteiger partial charge in [-0.2, -0.15) is 0 Å². The minimum absolute atomic E-state index is 0. The standard InChI is InChI=1S/C29H35FN3O7P.C24H24FN3O4.C6H13O4P.C4H6BO4.C2H4O2.Na/c1-5-29(36)19-10-23-26-17(12-33(23)27(34)18(19)13-38-28(29)35)25-21(31-14-41(37,39-6-2)40-7-3)9-8-16-15(4)20(30)11-22(32-26)24(16)25;1-3-24(31)14-6-18-21-12(8-28(18)22(29)13(14)9-32-23(24)30)19-16(26)5-4-11-10(2)15(25)7-17(27-21)20(11)19;1-3-9-11(8,6-5-7)10-4-2;1-3(6)8-5-9-4(2)7;1-2(3)4;/h11,21,23,31,36H,5-10,12-14H2,1-4H3;7,16,18,31H,3-6,8-9,26H2,1-2H3;5H,3-4,6H2,1-2H3;1-2H3;1H3,(H,3,4);/q;;;-1;;+1/t21-,23?,29-;16-,18?,24-;;;;/m00..../s1. The number of aldehydes is 1. The van der Waals surface area contributed by atoms with E-state index in [2.05, 4.69) is 14.6 Å². The average molecular weight is 1420 g/mol. The van der Waals surface area contributed by atoms with Crippen molar-refractivity contribution in [2.45, 2.75) is 176 Å². The van der Waals surface area contributed by atoms with Crippen molar-refractivity contribution in [2.24, 2.45) is 5.73 Å². The third kappa shape index (κ3) is 15.8. The Morgan fingerprint density at radius 2 is 1.09 bits per heavy atom. The number of ether oxygens (including phenoxy) is 2. The van der Waals surface area contributed by atoms with E-state index in [0.717, 1.165) is 51.1 Å². The summed E-state index contributed by atoms with van der Waals surface area (Å²) >= 11 is 0. The number of rotatable bonds is 17. The fraction of sp³-hybridized carbons (Fsp3) is 0.538. The number of aryl methyl sites for hydroxylation is 2. The van der Waals surface area contributed by atoms with Crippen LogP contribution in [-0.4, -0.2) is 154 Å². The molecule has 2 amide bonds. The number of carbonyl (C=O) groups is 8. The molecule has 6 aliphatic heterocycles. The average Bonchev–Trinajstić information content (AvgIpc) is 1.51. The largest absolute Gasteiger partial charge is 1.00 e. The molecule has 2 radical (unpaired) electrons. The van der Waals surface area contributed by atoms with Crippen LogP contribution in [0, 0.1) is 25.5 Å². The molecule has 33 heteroatoms. The SMILES string of the molecule is CC(=O)O.CC(=O)O[B-]OC(C)=O.CCOP(=O)(CC=O)OCC.CCOP(=O)(CN[C@H]1CCc2c(C)c(F)cc3nc4c(c1c23)CN1C(=O)C2=C(CC41)[C@@](O)(CC)C(=O)OC2)OCC.CC[C@@]1(O)C(=O)OCC2=C1CC1c3nc4cc(F)c(C)c5c4c(c3CN1C2=O)[C@@H](N)CC5.[Na+]. The molecule has 526 valence electrons. The number of fused-ring (bicyclic) bond motifs is 8. The molecular weight excluding hydrogens is 1330 g/mol. The van der Waals surface area contributed by atoms with Crippen LogP contribution >= 0.6 is 15.2 Å². The molecule has 98 heavy (non-hydrogen) atoms. The van der Waals surface area contributed by atoms with Crippen LogP contribution in [0.15, 0.2) is 34.4 Å². The molecule has 0 spiro atoms. The quantitative estimate of drug-likeness (QED) is 0.0407. The maximum absolute atomic E-state index is 15.1. The predicted octanol–water partition coefficient (Wildman–Crippen LogP) is 4.87. The number of amides is 2. The Labute approximate surface area is 588 Å². The number of nitrogens with one attached hydrogen (secondary N) is 1. The van der Waals surface area contributed by atoms with E-state index < -0.39 is 68.3 Å². The number of nitrogens with two attached hydrogens (primary N) is 1. The van der Waals surface area contributed by atoms with Gasteiger partial charge in [0.1, 0.15) is 45.0 Å². The molecule has 2 aliphatic carbocycles. The number of aromatic nitrogens is 2. The van der Waals surface area contributed by atoms with Gasteiger partial charge in [-0.3, -0.25) is 48.4 Å². The van der Waals surface area contributed by atoms with Gasteiger partial charge < -0.3 is 72.5 Å². The van der Waals surface area contributed by atoms with Crippen LogP contribution in [0.1, 0.15) is 181 Å². The molecule has 0 bridgehead atoms. The van der Waals surface area contributed by atoms with E-state index in [-0.39, 0.29) is 130 Å². The van der Waals surface area contributed by atoms with Gasteiger partial charge in [0.15, 0.2) is 11.2 Å². The van der Waals surface area contributed by atoms with Crippen LogP contribution in [0.5, 0.6) is 0 Å². The van der Waals surface area contributed by atoms with E-state index in [9.17, 15) is 57.3 Å². The molecule has 6 N–H and O–H groups in total. The molecule has 2 unspecified atom stereocenters. The smallest absolute Gasteiger partial charge is 0.702 e. The molecule has 0 saturated heterocycles. The van der Waals surface area contributed by atoms with E-state index in [4.69, 9.17) is 53.2 Å². The van der Waals surface area contributed by atoms with Gasteiger partial charge in [0.25, 0.3) is 29.7 Å².